The van der Waals surface area contributed by atoms with Gasteiger partial charge in [0.1, 0.15) is 11.8 Å². The van der Waals surface area contributed by atoms with Crippen LogP contribution in [-0.2, 0) is 13.1 Å². The topological polar surface area (TPSA) is 42.9 Å². The van der Waals surface area contributed by atoms with Gasteiger partial charge in [-0.25, -0.2) is 4.98 Å². The molecule has 2 bridgehead atoms. The van der Waals surface area contributed by atoms with Crippen LogP contribution in [-0.4, -0.2) is 74.9 Å². The Bertz CT molecular complexity index is 1810. The van der Waals surface area contributed by atoms with Crippen molar-refractivity contribution in [3.05, 3.63) is 102 Å². The van der Waals surface area contributed by atoms with Crippen molar-refractivity contribution in [1.29, 1.82) is 0 Å². The highest BCUT2D eigenvalue weighted by atomic mass is 15.7. The number of aryl methyl sites for hydroxylation is 1. The van der Waals surface area contributed by atoms with Crippen molar-refractivity contribution in [2.75, 3.05) is 24.5 Å². The Labute approximate surface area is 259 Å². The molecule has 5 aliphatic heterocycles. The lowest BCUT2D eigenvalue weighted by Gasteiger charge is -2.49. The van der Waals surface area contributed by atoms with Gasteiger partial charge in [0, 0.05) is 60.9 Å². The lowest BCUT2D eigenvalue weighted by molar-refractivity contribution is 0.225. The average molecular weight is 582 g/mol. The number of hydrogen-bond acceptors (Lipinski definition) is 6. The second-order valence-corrected chi connectivity index (χ2v) is 13.4. The number of piperazine rings is 1. The van der Waals surface area contributed by atoms with Gasteiger partial charge in [0.15, 0.2) is 0 Å². The van der Waals surface area contributed by atoms with Gasteiger partial charge in [-0.15, -0.1) is 0 Å². The summed E-state index contributed by atoms with van der Waals surface area (Å²) in [6.07, 6.45) is 5.11. The predicted molar refractivity (Wildman–Crippen MR) is 179 cm³/mol. The summed E-state index contributed by atoms with van der Waals surface area (Å²) in [7, 11) is 0. The van der Waals surface area contributed by atoms with E-state index in [0.29, 0.717) is 12.2 Å². The molecular formula is C37H39N7. The third-order valence-electron chi connectivity index (χ3n) is 10.7. The Balaban J connectivity index is 1.07. The van der Waals surface area contributed by atoms with Gasteiger partial charge in [-0.2, -0.15) is 0 Å². The first-order valence-corrected chi connectivity index (χ1v) is 16.0. The maximum atomic E-state index is 4.82. The van der Waals surface area contributed by atoms with Crippen molar-refractivity contribution >= 4 is 40.5 Å². The minimum atomic E-state index is 0.311. The fourth-order valence-corrected chi connectivity index (χ4v) is 7.87. The van der Waals surface area contributed by atoms with Crippen LogP contribution in [0.1, 0.15) is 35.2 Å². The van der Waals surface area contributed by atoms with Gasteiger partial charge in [-0.1, -0.05) is 43.5 Å². The molecule has 0 radical (unpaired) electrons. The molecule has 7 nitrogen and oxygen atoms in total. The van der Waals surface area contributed by atoms with Gasteiger partial charge >= 0.3 is 0 Å². The highest BCUT2D eigenvalue weighted by molar-refractivity contribution is 5.81. The molecule has 4 atom stereocenters. The summed E-state index contributed by atoms with van der Waals surface area (Å²) in [6, 6.07) is 23.5. The summed E-state index contributed by atoms with van der Waals surface area (Å²) >= 11 is 0. The van der Waals surface area contributed by atoms with Crippen molar-refractivity contribution in [3.63, 3.8) is 0 Å². The smallest absolute Gasteiger partial charge is 0.140 e. The molecule has 2 aromatic carbocycles. The van der Waals surface area contributed by atoms with E-state index in [9.17, 15) is 0 Å². The van der Waals surface area contributed by atoms with E-state index in [1.165, 1.54) is 40.7 Å². The van der Waals surface area contributed by atoms with E-state index >= 15 is 0 Å². The molecule has 222 valence electrons. The van der Waals surface area contributed by atoms with Crippen molar-refractivity contribution in [3.8, 4) is 0 Å². The molecule has 44 heavy (non-hydrogen) atoms. The zero-order valence-corrected chi connectivity index (χ0v) is 25.4. The number of hydrogen-bond donors (Lipinski definition) is 0. The predicted octanol–water partition coefficient (Wildman–Crippen LogP) is 6.13. The monoisotopic (exact) mass is 581 g/mol. The number of anilines is 1. The van der Waals surface area contributed by atoms with Crippen LogP contribution in [0.3, 0.4) is 0 Å². The average Bonchev–Trinajstić information content (AvgIpc) is 3.98. The molecule has 0 N–H and O–H groups in total. The lowest BCUT2D eigenvalue weighted by atomic mass is 9.98. The summed E-state index contributed by atoms with van der Waals surface area (Å²) in [5, 5.41) is 1.21. The van der Waals surface area contributed by atoms with E-state index in [1.807, 2.05) is 12.3 Å². The molecule has 1 saturated carbocycles. The Hall–Kier alpha value is -4.36. The zero-order chi connectivity index (χ0) is 29.7. The third kappa shape index (κ3) is 4.05. The van der Waals surface area contributed by atoms with Gasteiger partial charge in [0.05, 0.1) is 30.0 Å². The van der Waals surface area contributed by atoms with E-state index in [-0.39, 0.29) is 0 Å². The summed E-state index contributed by atoms with van der Waals surface area (Å²) < 4.78 is 2.48. The largest absolute Gasteiger partial charge is 0.367 e. The lowest BCUT2D eigenvalue weighted by Crippen LogP contribution is -2.58. The molecule has 7 heteroatoms. The van der Waals surface area contributed by atoms with Crippen molar-refractivity contribution in [2.45, 2.75) is 57.1 Å². The van der Waals surface area contributed by atoms with E-state index < -0.39 is 0 Å². The highest BCUT2D eigenvalue weighted by Gasteiger charge is 2.79. The molecule has 6 fully saturated rings. The minimum Gasteiger partial charge on any atom is -0.367 e. The molecule has 4 unspecified atom stereocenters. The van der Waals surface area contributed by atoms with Crippen LogP contribution >= 0.6 is 0 Å². The summed E-state index contributed by atoms with van der Waals surface area (Å²) in [6.45, 7) is 20.0. The van der Waals surface area contributed by atoms with E-state index in [4.69, 9.17) is 4.98 Å². The molecule has 2 aromatic heterocycles. The Morgan fingerprint density at radius 2 is 1.77 bits per heavy atom. The summed E-state index contributed by atoms with van der Waals surface area (Å²) in [4.78, 5) is 19.5. The first-order chi connectivity index (χ1) is 21.5. The van der Waals surface area contributed by atoms with Gasteiger partial charge in [-0.3, -0.25) is 9.89 Å². The number of benzene rings is 2. The minimum absolute atomic E-state index is 0.311. The van der Waals surface area contributed by atoms with Gasteiger partial charge in [0.2, 0.25) is 0 Å². The number of fused-ring (bicyclic) bond motifs is 2. The number of nitrogens with zero attached hydrogens (tertiary/aromatic N) is 7. The third-order valence-corrected chi connectivity index (χ3v) is 10.7. The first kappa shape index (κ1) is 26.1. The van der Waals surface area contributed by atoms with Crippen LogP contribution in [0.4, 0.5) is 11.4 Å². The van der Waals surface area contributed by atoms with Crippen LogP contribution in [0.5, 0.6) is 0 Å². The molecular weight excluding hydrogens is 542 g/mol. The molecule has 6 aliphatic rings. The van der Waals surface area contributed by atoms with Crippen LogP contribution in [0, 0.1) is 12.8 Å². The normalized spacial score (nSPS) is 24.7. The molecule has 1 aliphatic carbocycles. The number of likely N-dealkylation sites (tertiary alicyclic amines) is 1. The molecule has 5 saturated heterocycles. The molecule has 10 rings (SSSR count). The van der Waals surface area contributed by atoms with E-state index in [2.05, 4.69) is 111 Å². The SMILES string of the molecule is C=Nc1cc(C(=C)N2CC3C4C2N34)cc(C)c1N(Cc1cc2cccnc2n1CC1CC1)C1CN(C(=C)c2ccccc2)C1. The van der Waals surface area contributed by atoms with Crippen LogP contribution in [0.15, 0.2) is 85.0 Å². The fraction of sp³-hybridized carbons (Fsp3) is 0.351. The number of aromatic nitrogens is 2. The Morgan fingerprint density at radius 1 is 0.977 bits per heavy atom. The van der Waals surface area contributed by atoms with E-state index in [0.717, 1.165) is 79.0 Å². The number of aliphatic imine (C=N–C) groups is 1. The zero-order valence-electron chi connectivity index (χ0n) is 25.4. The molecule has 0 spiro atoms. The van der Waals surface area contributed by atoms with Gasteiger partial charge in [-0.05, 0) is 79.4 Å². The van der Waals surface area contributed by atoms with Gasteiger partial charge in [0.25, 0.3) is 0 Å². The van der Waals surface area contributed by atoms with Crippen molar-refractivity contribution in [1.82, 2.24) is 24.3 Å². The molecule has 7 heterocycles. The second kappa shape index (κ2) is 9.57. The molecule has 0 amide bonds. The first-order valence-electron chi connectivity index (χ1n) is 16.0. The standard InChI is InChI=1S/C37H39N7/c1-23-15-29(25(3)41-22-33-35-37(41)44(33)35)17-32(38-4)34(23)42(31-19-40(20-31)24(2)27-9-6-5-7-10-27)21-30-16-28-11-8-14-39-36(28)43(30)18-26-12-13-26/h5-11,14-17,26,31,33,35,37H,2-4,12-13,18-22H2,1H3. The highest BCUT2D eigenvalue weighted by Crippen LogP contribution is 2.61. The second-order valence-electron chi connectivity index (χ2n) is 13.4. The maximum Gasteiger partial charge on any atom is 0.140 e. The summed E-state index contributed by atoms with van der Waals surface area (Å²) in [5.41, 5.74) is 10.2. The van der Waals surface area contributed by atoms with Crippen molar-refractivity contribution in [2.24, 2.45) is 10.9 Å². The maximum absolute atomic E-state index is 4.82. The van der Waals surface area contributed by atoms with Crippen LogP contribution < -0.4 is 4.90 Å². The van der Waals surface area contributed by atoms with Crippen LogP contribution in [0.25, 0.3) is 22.4 Å². The van der Waals surface area contributed by atoms with Crippen molar-refractivity contribution < 1.29 is 0 Å². The Morgan fingerprint density at radius 3 is 2.48 bits per heavy atom. The quantitative estimate of drug-likeness (QED) is 0.158. The van der Waals surface area contributed by atoms with E-state index in [1.54, 1.807) is 0 Å². The summed E-state index contributed by atoms with van der Waals surface area (Å²) in [5.74, 6) is 0.750. The van der Waals surface area contributed by atoms with Gasteiger partial charge < -0.3 is 19.3 Å². The Kier molecular flexibility index (Phi) is 5.67. The molecule has 4 aromatic rings. The van der Waals surface area contributed by atoms with Crippen LogP contribution in [0.2, 0.25) is 0 Å². The fourth-order valence-electron chi connectivity index (χ4n) is 7.87. The number of rotatable bonds is 11. The number of pyridine rings is 1.